The highest BCUT2D eigenvalue weighted by Crippen LogP contribution is 2.26. The Bertz CT molecular complexity index is 146. The maximum Gasteiger partial charge on any atom is 0.00722 e. The summed E-state index contributed by atoms with van der Waals surface area (Å²) in [5.41, 5.74) is 0. The van der Waals surface area contributed by atoms with Crippen molar-refractivity contribution in [2.24, 2.45) is 11.8 Å². The SMILES string of the molecule is CC1CC(NCC2CCCNC2)C1. The molecule has 0 aromatic carbocycles. The summed E-state index contributed by atoms with van der Waals surface area (Å²) >= 11 is 0. The highest BCUT2D eigenvalue weighted by atomic mass is 15.0. The second kappa shape index (κ2) is 4.43. The second-order valence-corrected chi connectivity index (χ2v) is 4.89. The Morgan fingerprint density at radius 2 is 2.23 bits per heavy atom. The Hall–Kier alpha value is -0.0800. The molecule has 1 atom stereocenters. The maximum absolute atomic E-state index is 3.68. The Morgan fingerprint density at radius 3 is 2.85 bits per heavy atom. The Labute approximate surface area is 81.5 Å². The van der Waals surface area contributed by atoms with E-state index >= 15 is 0 Å². The fourth-order valence-electron chi connectivity index (χ4n) is 2.50. The zero-order valence-electron chi connectivity index (χ0n) is 8.68. The fourth-order valence-corrected chi connectivity index (χ4v) is 2.50. The average Bonchev–Trinajstić information content (AvgIpc) is 2.12. The topological polar surface area (TPSA) is 24.1 Å². The summed E-state index contributed by atoms with van der Waals surface area (Å²) in [7, 11) is 0. The number of piperidine rings is 1. The minimum absolute atomic E-state index is 0.844. The van der Waals surface area contributed by atoms with Crippen molar-refractivity contribution < 1.29 is 0 Å². The van der Waals surface area contributed by atoms with E-state index < -0.39 is 0 Å². The minimum atomic E-state index is 0.844. The van der Waals surface area contributed by atoms with Gasteiger partial charge in [0.15, 0.2) is 0 Å². The molecule has 0 aromatic rings. The van der Waals surface area contributed by atoms with Gasteiger partial charge in [0.25, 0.3) is 0 Å². The van der Waals surface area contributed by atoms with E-state index in [9.17, 15) is 0 Å². The Balaban J connectivity index is 1.56. The molecule has 0 amide bonds. The van der Waals surface area contributed by atoms with Gasteiger partial charge in [0, 0.05) is 6.04 Å². The molecule has 0 bridgehead atoms. The van der Waals surface area contributed by atoms with Crippen LogP contribution < -0.4 is 10.6 Å². The molecule has 2 aliphatic rings. The minimum Gasteiger partial charge on any atom is -0.316 e. The third-order valence-electron chi connectivity index (χ3n) is 3.47. The van der Waals surface area contributed by atoms with Gasteiger partial charge < -0.3 is 10.6 Å². The molecule has 13 heavy (non-hydrogen) atoms. The van der Waals surface area contributed by atoms with Gasteiger partial charge in [-0.05, 0) is 57.2 Å². The highest BCUT2D eigenvalue weighted by molar-refractivity contribution is 4.83. The number of rotatable bonds is 3. The van der Waals surface area contributed by atoms with E-state index in [2.05, 4.69) is 17.6 Å². The van der Waals surface area contributed by atoms with Gasteiger partial charge in [0.2, 0.25) is 0 Å². The first kappa shape index (κ1) is 9.47. The molecule has 2 fully saturated rings. The first-order valence-corrected chi connectivity index (χ1v) is 5.78. The van der Waals surface area contributed by atoms with Crippen molar-refractivity contribution in [3.05, 3.63) is 0 Å². The lowest BCUT2D eigenvalue weighted by molar-refractivity contribution is 0.224. The van der Waals surface area contributed by atoms with Gasteiger partial charge in [-0.3, -0.25) is 0 Å². The van der Waals surface area contributed by atoms with Crippen molar-refractivity contribution in [3.63, 3.8) is 0 Å². The van der Waals surface area contributed by atoms with Crippen LogP contribution in [-0.4, -0.2) is 25.7 Å². The largest absolute Gasteiger partial charge is 0.316 e. The van der Waals surface area contributed by atoms with Crippen LogP contribution in [0.4, 0.5) is 0 Å². The van der Waals surface area contributed by atoms with Gasteiger partial charge in [-0.1, -0.05) is 6.92 Å². The molecule has 1 saturated carbocycles. The lowest BCUT2D eigenvalue weighted by atomic mass is 9.81. The first-order chi connectivity index (χ1) is 6.34. The van der Waals surface area contributed by atoms with Gasteiger partial charge in [-0.25, -0.2) is 0 Å². The molecule has 0 aromatic heterocycles. The van der Waals surface area contributed by atoms with Crippen LogP contribution in [0, 0.1) is 11.8 Å². The van der Waals surface area contributed by atoms with E-state index in [4.69, 9.17) is 0 Å². The van der Waals surface area contributed by atoms with Gasteiger partial charge in [-0.15, -0.1) is 0 Å². The summed E-state index contributed by atoms with van der Waals surface area (Å²) in [6, 6.07) is 0.844. The third-order valence-corrected chi connectivity index (χ3v) is 3.47. The second-order valence-electron chi connectivity index (χ2n) is 4.89. The summed E-state index contributed by atoms with van der Waals surface area (Å²) in [6.07, 6.45) is 5.59. The van der Waals surface area contributed by atoms with Crippen LogP contribution in [0.5, 0.6) is 0 Å². The molecule has 2 nitrogen and oxygen atoms in total. The number of hydrogen-bond donors (Lipinski definition) is 2. The number of hydrogen-bond acceptors (Lipinski definition) is 2. The smallest absolute Gasteiger partial charge is 0.00722 e. The van der Waals surface area contributed by atoms with Gasteiger partial charge in [0.1, 0.15) is 0 Å². The molecule has 1 heterocycles. The number of nitrogens with one attached hydrogen (secondary N) is 2. The quantitative estimate of drug-likeness (QED) is 0.689. The molecule has 1 aliphatic carbocycles. The zero-order valence-corrected chi connectivity index (χ0v) is 8.68. The molecule has 2 rings (SSSR count). The van der Waals surface area contributed by atoms with Gasteiger partial charge in [0.05, 0.1) is 0 Å². The van der Waals surface area contributed by atoms with E-state index in [-0.39, 0.29) is 0 Å². The normalized spacial score (nSPS) is 39.9. The van der Waals surface area contributed by atoms with Crippen LogP contribution >= 0.6 is 0 Å². The molecule has 1 aliphatic heterocycles. The molecule has 0 spiro atoms. The predicted octanol–water partition coefficient (Wildman–Crippen LogP) is 1.37. The molecule has 2 N–H and O–H groups in total. The van der Waals surface area contributed by atoms with Crippen LogP contribution in [-0.2, 0) is 0 Å². The molecule has 1 unspecified atom stereocenters. The van der Waals surface area contributed by atoms with Crippen molar-refractivity contribution in [2.75, 3.05) is 19.6 Å². The van der Waals surface area contributed by atoms with Crippen molar-refractivity contribution >= 4 is 0 Å². The molecule has 1 saturated heterocycles. The summed E-state index contributed by atoms with van der Waals surface area (Å²) < 4.78 is 0. The van der Waals surface area contributed by atoms with Crippen molar-refractivity contribution in [2.45, 2.75) is 38.6 Å². The van der Waals surface area contributed by atoms with E-state index in [1.165, 1.54) is 45.3 Å². The highest BCUT2D eigenvalue weighted by Gasteiger charge is 2.25. The molecule has 0 radical (unpaired) electrons. The van der Waals surface area contributed by atoms with Crippen molar-refractivity contribution in [1.29, 1.82) is 0 Å². The molecule has 2 heteroatoms. The lowest BCUT2D eigenvalue weighted by Crippen LogP contribution is -2.44. The predicted molar refractivity (Wildman–Crippen MR) is 55.8 cm³/mol. The van der Waals surface area contributed by atoms with E-state index in [0.717, 1.165) is 17.9 Å². The third kappa shape index (κ3) is 2.68. The lowest BCUT2D eigenvalue weighted by Gasteiger charge is -2.35. The maximum atomic E-state index is 3.68. The summed E-state index contributed by atoms with van der Waals surface area (Å²) in [4.78, 5) is 0. The average molecular weight is 182 g/mol. The summed E-state index contributed by atoms with van der Waals surface area (Å²) in [6.45, 7) is 6.05. The Kier molecular flexibility index (Phi) is 3.23. The van der Waals surface area contributed by atoms with Crippen LogP contribution in [0.15, 0.2) is 0 Å². The zero-order chi connectivity index (χ0) is 9.10. The molecular weight excluding hydrogens is 160 g/mol. The first-order valence-electron chi connectivity index (χ1n) is 5.78. The molecule has 76 valence electrons. The van der Waals surface area contributed by atoms with Crippen molar-refractivity contribution in [1.82, 2.24) is 10.6 Å². The molecular formula is C11H22N2. The van der Waals surface area contributed by atoms with E-state index in [1.54, 1.807) is 0 Å². The fraction of sp³-hybridized carbons (Fsp3) is 1.00. The van der Waals surface area contributed by atoms with Crippen LogP contribution in [0.1, 0.15) is 32.6 Å². The van der Waals surface area contributed by atoms with E-state index in [1.807, 2.05) is 0 Å². The summed E-state index contributed by atoms with van der Waals surface area (Å²) in [5.74, 6) is 1.87. The van der Waals surface area contributed by atoms with Crippen LogP contribution in [0.25, 0.3) is 0 Å². The van der Waals surface area contributed by atoms with Gasteiger partial charge >= 0.3 is 0 Å². The summed E-state index contributed by atoms with van der Waals surface area (Å²) in [5, 5.41) is 7.14. The Morgan fingerprint density at radius 1 is 1.38 bits per heavy atom. The standard InChI is InChI=1S/C11H22N2/c1-9-5-11(6-9)13-8-10-3-2-4-12-7-10/h9-13H,2-8H2,1H3. The van der Waals surface area contributed by atoms with Crippen LogP contribution in [0.2, 0.25) is 0 Å². The van der Waals surface area contributed by atoms with Crippen LogP contribution in [0.3, 0.4) is 0 Å². The monoisotopic (exact) mass is 182 g/mol. The van der Waals surface area contributed by atoms with Gasteiger partial charge in [-0.2, -0.15) is 0 Å². The van der Waals surface area contributed by atoms with Crippen molar-refractivity contribution in [3.8, 4) is 0 Å². The van der Waals surface area contributed by atoms with E-state index in [0.29, 0.717) is 0 Å².